The van der Waals surface area contributed by atoms with Gasteiger partial charge in [0.25, 0.3) is 0 Å². The minimum Gasteiger partial charge on any atom is -0.478 e. The fraction of sp³-hybridized carbons (Fsp3) is 0.750. The molecule has 0 spiro atoms. The zero-order valence-corrected chi connectivity index (χ0v) is 8.00. The van der Waals surface area contributed by atoms with Gasteiger partial charge < -0.3 is 15.5 Å². The summed E-state index contributed by atoms with van der Waals surface area (Å²) < 4.78 is 0. The van der Waals surface area contributed by atoms with E-state index in [1.165, 1.54) is 0 Å². The van der Waals surface area contributed by atoms with Crippen LogP contribution in [0.3, 0.4) is 0 Å². The first-order valence-electron chi connectivity index (χ1n) is 4.09. The van der Waals surface area contributed by atoms with E-state index in [1.807, 2.05) is 5.32 Å². The Balaban J connectivity index is 4.72. The average molecular weight is 189 g/mol. The first-order chi connectivity index (χ1) is 5.84. The van der Waals surface area contributed by atoms with Crippen LogP contribution in [0.25, 0.3) is 0 Å². The molecule has 1 amide bonds. The van der Waals surface area contributed by atoms with Crippen molar-refractivity contribution in [3.05, 3.63) is 0 Å². The summed E-state index contributed by atoms with van der Waals surface area (Å²) in [7, 11) is 0. The molecule has 0 heterocycles. The van der Waals surface area contributed by atoms with Gasteiger partial charge in [-0.25, -0.2) is 4.79 Å². The van der Waals surface area contributed by atoms with Gasteiger partial charge in [-0.1, -0.05) is 13.8 Å². The van der Waals surface area contributed by atoms with Crippen molar-refractivity contribution in [1.29, 1.82) is 0 Å². The van der Waals surface area contributed by atoms with Crippen LogP contribution in [0.5, 0.6) is 0 Å². The summed E-state index contributed by atoms with van der Waals surface area (Å²) in [5, 5.41) is 20.3. The maximum absolute atomic E-state index is 10.7. The van der Waals surface area contributed by atoms with E-state index in [1.54, 1.807) is 13.8 Å². The van der Waals surface area contributed by atoms with Crippen LogP contribution in [-0.2, 0) is 9.59 Å². The fourth-order valence-corrected chi connectivity index (χ4v) is 0.951. The van der Waals surface area contributed by atoms with Gasteiger partial charge in [-0.15, -0.1) is 0 Å². The molecule has 0 aliphatic carbocycles. The average Bonchev–Trinajstić information content (AvgIpc) is 2.01. The van der Waals surface area contributed by atoms with E-state index in [0.29, 0.717) is 6.42 Å². The molecule has 0 fully saturated rings. The summed E-state index contributed by atoms with van der Waals surface area (Å²) in [6.07, 6.45) is 0.461. The zero-order chi connectivity index (χ0) is 10.6. The van der Waals surface area contributed by atoms with Crippen LogP contribution < -0.4 is 5.32 Å². The highest BCUT2D eigenvalue weighted by molar-refractivity contribution is 5.84. The quantitative estimate of drug-likeness (QED) is 0.541. The third kappa shape index (κ3) is 2.69. The molecular formula is C8H15NO4. The lowest BCUT2D eigenvalue weighted by molar-refractivity contribution is -0.172. The van der Waals surface area contributed by atoms with Gasteiger partial charge >= 0.3 is 5.97 Å². The van der Waals surface area contributed by atoms with Crippen molar-refractivity contribution in [2.24, 2.45) is 5.92 Å². The van der Waals surface area contributed by atoms with E-state index in [2.05, 4.69) is 0 Å². The number of hydrogen-bond donors (Lipinski definition) is 3. The molecule has 5 heteroatoms. The molecule has 0 radical (unpaired) electrons. The SMILES string of the molecule is CCC(C)C(O)(NC(C)=O)C(=O)O. The standard InChI is InChI=1S/C8H15NO4/c1-4-5(2)8(13,7(11)12)9-6(3)10/h5,13H,4H2,1-3H3,(H,9,10)(H,11,12). The Morgan fingerprint density at radius 3 is 2.23 bits per heavy atom. The molecule has 0 aliphatic rings. The van der Waals surface area contributed by atoms with Gasteiger partial charge in [-0.05, 0) is 6.42 Å². The largest absolute Gasteiger partial charge is 0.478 e. The molecule has 0 aliphatic heterocycles. The predicted molar refractivity (Wildman–Crippen MR) is 45.9 cm³/mol. The van der Waals surface area contributed by atoms with Gasteiger partial charge in [0.15, 0.2) is 0 Å². The van der Waals surface area contributed by atoms with Crippen LogP contribution in [-0.4, -0.2) is 27.8 Å². The van der Waals surface area contributed by atoms with Crippen LogP contribution in [0, 0.1) is 5.92 Å². The number of aliphatic carboxylic acids is 1. The molecule has 2 unspecified atom stereocenters. The number of rotatable bonds is 4. The summed E-state index contributed by atoms with van der Waals surface area (Å²) in [5.74, 6) is -2.53. The monoisotopic (exact) mass is 189 g/mol. The number of carbonyl (C=O) groups is 2. The topological polar surface area (TPSA) is 86.6 Å². The van der Waals surface area contributed by atoms with Crippen LogP contribution in [0.4, 0.5) is 0 Å². The Hall–Kier alpha value is -1.10. The third-order valence-electron chi connectivity index (χ3n) is 2.02. The number of nitrogens with one attached hydrogen (secondary N) is 1. The Labute approximate surface area is 76.8 Å². The molecule has 0 rings (SSSR count). The minimum atomic E-state index is -2.15. The molecule has 0 aromatic heterocycles. The molecule has 0 aromatic carbocycles. The van der Waals surface area contributed by atoms with Crippen molar-refractivity contribution in [2.75, 3.05) is 0 Å². The van der Waals surface area contributed by atoms with Crippen molar-refractivity contribution in [2.45, 2.75) is 32.9 Å². The lowest BCUT2D eigenvalue weighted by atomic mass is 9.95. The molecule has 0 saturated heterocycles. The van der Waals surface area contributed by atoms with Gasteiger partial charge in [0.1, 0.15) is 0 Å². The second-order valence-electron chi connectivity index (χ2n) is 3.06. The van der Waals surface area contributed by atoms with E-state index in [9.17, 15) is 14.7 Å². The Morgan fingerprint density at radius 2 is 2.00 bits per heavy atom. The van der Waals surface area contributed by atoms with Crippen LogP contribution in [0.1, 0.15) is 27.2 Å². The van der Waals surface area contributed by atoms with Crippen molar-refractivity contribution in [3.8, 4) is 0 Å². The molecular weight excluding hydrogens is 174 g/mol. The second kappa shape index (κ2) is 4.23. The second-order valence-corrected chi connectivity index (χ2v) is 3.06. The molecule has 0 bridgehead atoms. The highest BCUT2D eigenvalue weighted by Crippen LogP contribution is 2.17. The number of hydrogen-bond acceptors (Lipinski definition) is 3. The number of amides is 1. The number of carboxylic acid groups (broad SMARTS) is 1. The number of carboxylic acids is 1. The van der Waals surface area contributed by atoms with Gasteiger partial charge in [-0.2, -0.15) is 0 Å². The van der Waals surface area contributed by atoms with Crippen molar-refractivity contribution < 1.29 is 19.8 Å². The van der Waals surface area contributed by atoms with E-state index < -0.39 is 23.5 Å². The Morgan fingerprint density at radius 1 is 1.54 bits per heavy atom. The summed E-state index contributed by atoms with van der Waals surface area (Å²) in [5.41, 5.74) is -2.15. The fourth-order valence-electron chi connectivity index (χ4n) is 0.951. The molecule has 3 N–H and O–H groups in total. The summed E-state index contributed by atoms with van der Waals surface area (Å²) in [4.78, 5) is 21.3. The van der Waals surface area contributed by atoms with Crippen molar-refractivity contribution in [1.82, 2.24) is 5.32 Å². The molecule has 13 heavy (non-hydrogen) atoms. The van der Waals surface area contributed by atoms with Crippen molar-refractivity contribution >= 4 is 11.9 Å². The number of carbonyl (C=O) groups excluding carboxylic acids is 1. The number of aliphatic hydroxyl groups is 1. The Bertz CT molecular complexity index is 216. The highest BCUT2D eigenvalue weighted by Gasteiger charge is 2.41. The smallest absolute Gasteiger partial charge is 0.357 e. The van der Waals surface area contributed by atoms with Gasteiger partial charge in [0.05, 0.1) is 0 Å². The van der Waals surface area contributed by atoms with Crippen LogP contribution in [0.2, 0.25) is 0 Å². The lowest BCUT2D eigenvalue weighted by Gasteiger charge is -2.29. The highest BCUT2D eigenvalue weighted by atomic mass is 16.4. The van der Waals surface area contributed by atoms with E-state index in [0.717, 1.165) is 6.92 Å². The summed E-state index contributed by atoms with van der Waals surface area (Å²) >= 11 is 0. The molecule has 2 atom stereocenters. The maximum atomic E-state index is 10.7. The van der Waals surface area contributed by atoms with Gasteiger partial charge in [0.2, 0.25) is 11.6 Å². The van der Waals surface area contributed by atoms with E-state index in [-0.39, 0.29) is 0 Å². The van der Waals surface area contributed by atoms with Gasteiger partial charge in [0, 0.05) is 12.8 Å². The molecule has 0 saturated carbocycles. The molecule has 0 aromatic rings. The van der Waals surface area contributed by atoms with Gasteiger partial charge in [-0.3, -0.25) is 4.79 Å². The Kier molecular flexibility index (Phi) is 3.87. The predicted octanol–water partition coefficient (Wildman–Crippen LogP) is -0.0582. The first kappa shape index (κ1) is 11.9. The third-order valence-corrected chi connectivity index (χ3v) is 2.02. The van der Waals surface area contributed by atoms with Crippen LogP contribution in [0.15, 0.2) is 0 Å². The normalized spacial score (nSPS) is 17.2. The van der Waals surface area contributed by atoms with Crippen molar-refractivity contribution in [3.63, 3.8) is 0 Å². The molecule has 5 nitrogen and oxygen atoms in total. The maximum Gasteiger partial charge on any atom is 0.357 e. The van der Waals surface area contributed by atoms with E-state index >= 15 is 0 Å². The van der Waals surface area contributed by atoms with E-state index in [4.69, 9.17) is 5.11 Å². The molecule has 76 valence electrons. The van der Waals surface area contributed by atoms with Crippen LogP contribution >= 0.6 is 0 Å². The summed E-state index contributed by atoms with van der Waals surface area (Å²) in [6, 6.07) is 0. The lowest BCUT2D eigenvalue weighted by Crippen LogP contribution is -2.58. The summed E-state index contributed by atoms with van der Waals surface area (Å²) in [6.45, 7) is 4.46. The zero-order valence-electron chi connectivity index (χ0n) is 8.00. The first-order valence-corrected chi connectivity index (χ1v) is 4.09. The minimum absolute atomic E-state index is 0.461.